The summed E-state index contributed by atoms with van der Waals surface area (Å²) in [6, 6.07) is 5.62. The number of halogens is 2. The highest BCUT2D eigenvalue weighted by atomic mass is 35.5. The number of aromatic amines is 1. The molecule has 0 aliphatic rings. The van der Waals surface area contributed by atoms with Crippen molar-refractivity contribution >= 4 is 35.4 Å². The van der Waals surface area contributed by atoms with Crippen molar-refractivity contribution in [1.29, 1.82) is 0 Å². The predicted octanol–water partition coefficient (Wildman–Crippen LogP) is 5.76. The molecule has 1 unspecified atom stereocenters. The number of rotatable bonds is 2. The van der Waals surface area contributed by atoms with Crippen molar-refractivity contribution in [1.82, 2.24) is 9.55 Å². The van der Waals surface area contributed by atoms with Crippen LogP contribution in [0.2, 0.25) is 10.0 Å². The Morgan fingerprint density at radius 1 is 1.25 bits per heavy atom. The Bertz CT molecular complexity index is 680. The molecule has 0 radical (unpaired) electrons. The lowest BCUT2D eigenvalue weighted by atomic mass is 9.92. The van der Waals surface area contributed by atoms with E-state index in [1.54, 1.807) is 6.07 Å². The second-order valence-corrected chi connectivity index (χ2v) is 7.17. The van der Waals surface area contributed by atoms with Crippen LogP contribution in [0.25, 0.3) is 0 Å². The summed E-state index contributed by atoms with van der Waals surface area (Å²) in [5.41, 5.74) is 2.17. The molecule has 0 amide bonds. The zero-order chi connectivity index (χ0) is 15.1. The second-order valence-electron chi connectivity index (χ2n) is 5.94. The lowest BCUT2D eigenvalue weighted by molar-refractivity contribution is 0.495. The standard InChI is InChI=1S/C15H18Cl2N2S/c1-9(11-6-5-10(16)7-12(11)17)19-13(15(2,3)4)8-18-14(19)20/h5-9H,1-4H3,(H,18,20). The molecule has 1 heterocycles. The van der Waals surface area contributed by atoms with E-state index in [0.29, 0.717) is 14.8 Å². The van der Waals surface area contributed by atoms with Crippen molar-refractivity contribution in [3.8, 4) is 0 Å². The van der Waals surface area contributed by atoms with E-state index in [2.05, 4.69) is 37.2 Å². The van der Waals surface area contributed by atoms with Crippen molar-refractivity contribution in [2.24, 2.45) is 0 Å². The zero-order valence-electron chi connectivity index (χ0n) is 12.0. The Labute approximate surface area is 134 Å². The van der Waals surface area contributed by atoms with Gasteiger partial charge in [0.15, 0.2) is 4.77 Å². The molecule has 0 saturated carbocycles. The van der Waals surface area contributed by atoms with Crippen LogP contribution in [0.15, 0.2) is 24.4 Å². The van der Waals surface area contributed by atoms with E-state index in [0.717, 1.165) is 11.3 Å². The molecule has 1 aromatic carbocycles. The monoisotopic (exact) mass is 328 g/mol. The quantitative estimate of drug-likeness (QED) is 0.695. The number of H-pyrrole nitrogens is 1. The fourth-order valence-corrected chi connectivity index (χ4v) is 3.20. The molecule has 0 bridgehead atoms. The highest BCUT2D eigenvalue weighted by molar-refractivity contribution is 7.71. The number of aromatic nitrogens is 2. The Morgan fingerprint density at radius 2 is 1.90 bits per heavy atom. The summed E-state index contributed by atoms with van der Waals surface area (Å²) in [5.74, 6) is 0. The minimum Gasteiger partial charge on any atom is -0.337 e. The SMILES string of the molecule is CC(c1ccc(Cl)cc1Cl)n1c(C(C)(C)C)c[nH]c1=S. The van der Waals surface area contributed by atoms with E-state index in [-0.39, 0.29) is 11.5 Å². The highest BCUT2D eigenvalue weighted by Gasteiger charge is 2.23. The fourth-order valence-electron chi connectivity index (χ4n) is 2.32. The van der Waals surface area contributed by atoms with E-state index in [1.165, 1.54) is 0 Å². The smallest absolute Gasteiger partial charge is 0.177 e. The molecular formula is C15H18Cl2N2S. The van der Waals surface area contributed by atoms with Gasteiger partial charge in [-0.3, -0.25) is 0 Å². The molecule has 0 spiro atoms. The maximum absolute atomic E-state index is 6.32. The molecule has 0 aliphatic carbocycles. The minimum absolute atomic E-state index is 0.000716. The predicted molar refractivity (Wildman–Crippen MR) is 88.6 cm³/mol. The molecule has 2 aromatic rings. The van der Waals surface area contributed by atoms with E-state index >= 15 is 0 Å². The molecule has 108 valence electrons. The molecule has 5 heteroatoms. The van der Waals surface area contributed by atoms with E-state index < -0.39 is 0 Å². The summed E-state index contributed by atoms with van der Waals surface area (Å²) < 4.78 is 2.82. The summed E-state index contributed by atoms with van der Waals surface area (Å²) in [7, 11) is 0. The molecule has 0 fully saturated rings. The number of hydrogen-bond acceptors (Lipinski definition) is 1. The Balaban J connectivity index is 2.57. The van der Waals surface area contributed by atoms with Gasteiger partial charge in [0.25, 0.3) is 0 Å². The van der Waals surface area contributed by atoms with Crippen LogP contribution < -0.4 is 0 Å². The molecule has 2 rings (SSSR count). The number of nitrogens with zero attached hydrogens (tertiary/aromatic N) is 1. The molecular weight excluding hydrogens is 311 g/mol. The Kier molecular flexibility index (Phi) is 4.33. The number of hydrogen-bond donors (Lipinski definition) is 1. The van der Waals surface area contributed by atoms with Gasteiger partial charge in [-0.1, -0.05) is 50.0 Å². The first kappa shape index (κ1) is 15.6. The van der Waals surface area contributed by atoms with E-state index in [9.17, 15) is 0 Å². The Morgan fingerprint density at radius 3 is 2.45 bits per heavy atom. The van der Waals surface area contributed by atoms with Gasteiger partial charge in [0.1, 0.15) is 0 Å². The second kappa shape index (κ2) is 5.55. The van der Waals surface area contributed by atoms with Crippen LogP contribution in [-0.2, 0) is 5.41 Å². The van der Waals surface area contributed by atoms with Crippen LogP contribution in [0.3, 0.4) is 0 Å². The minimum atomic E-state index is 0.000716. The van der Waals surface area contributed by atoms with E-state index in [1.807, 2.05) is 18.3 Å². The number of imidazole rings is 1. The van der Waals surface area contributed by atoms with E-state index in [4.69, 9.17) is 35.4 Å². The molecule has 1 atom stereocenters. The van der Waals surface area contributed by atoms with Gasteiger partial charge in [0.05, 0.1) is 6.04 Å². The fraction of sp³-hybridized carbons (Fsp3) is 0.400. The van der Waals surface area contributed by atoms with Crippen LogP contribution in [-0.4, -0.2) is 9.55 Å². The van der Waals surface area contributed by atoms with Gasteiger partial charge in [-0.05, 0) is 36.8 Å². The summed E-state index contributed by atoms with van der Waals surface area (Å²) in [5, 5.41) is 1.30. The normalized spacial score (nSPS) is 13.5. The van der Waals surface area contributed by atoms with Crippen molar-refractivity contribution in [3.05, 3.63) is 50.5 Å². The third kappa shape index (κ3) is 2.95. The van der Waals surface area contributed by atoms with Gasteiger partial charge < -0.3 is 9.55 Å². The van der Waals surface area contributed by atoms with Crippen molar-refractivity contribution in [2.45, 2.75) is 39.2 Å². The van der Waals surface area contributed by atoms with Gasteiger partial charge in [-0.15, -0.1) is 0 Å². The maximum Gasteiger partial charge on any atom is 0.177 e. The van der Waals surface area contributed by atoms with Crippen LogP contribution in [0.1, 0.15) is 45.0 Å². The maximum atomic E-state index is 6.32. The van der Waals surface area contributed by atoms with Crippen molar-refractivity contribution < 1.29 is 0 Å². The largest absolute Gasteiger partial charge is 0.337 e. The summed E-state index contributed by atoms with van der Waals surface area (Å²) in [6.45, 7) is 8.58. The average molecular weight is 329 g/mol. The summed E-state index contributed by atoms with van der Waals surface area (Å²) in [6.07, 6.45) is 1.97. The lowest BCUT2D eigenvalue weighted by Gasteiger charge is -2.25. The molecule has 1 N–H and O–H groups in total. The van der Waals surface area contributed by atoms with Gasteiger partial charge in [-0.2, -0.15) is 0 Å². The zero-order valence-corrected chi connectivity index (χ0v) is 14.3. The lowest BCUT2D eigenvalue weighted by Crippen LogP contribution is -2.20. The number of benzene rings is 1. The van der Waals surface area contributed by atoms with Crippen LogP contribution in [0.5, 0.6) is 0 Å². The molecule has 0 saturated heterocycles. The Hall–Kier alpha value is -0.770. The topological polar surface area (TPSA) is 20.7 Å². The third-order valence-corrected chi connectivity index (χ3v) is 4.26. The molecule has 0 aliphatic heterocycles. The molecule has 1 aromatic heterocycles. The first-order chi connectivity index (χ1) is 9.21. The first-order valence-electron chi connectivity index (χ1n) is 6.47. The first-order valence-corrected chi connectivity index (χ1v) is 7.63. The molecule has 20 heavy (non-hydrogen) atoms. The average Bonchev–Trinajstić information content (AvgIpc) is 2.70. The van der Waals surface area contributed by atoms with Gasteiger partial charge in [0, 0.05) is 27.4 Å². The third-order valence-electron chi connectivity index (χ3n) is 3.38. The summed E-state index contributed by atoms with van der Waals surface area (Å²) >= 11 is 17.7. The van der Waals surface area contributed by atoms with Gasteiger partial charge in [0.2, 0.25) is 0 Å². The van der Waals surface area contributed by atoms with Crippen molar-refractivity contribution in [2.75, 3.05) is 0 Å². The van der Waals surface area contributed by atoms with Crippen molar-refractivity contribution in [3.63, 3.8) is 0 Å². The van der Waals surface area contributed by atoms with Gasteiger partial charge >= 0.3 is 0 Å². The highest BCUT2D eigenvalue weighted by Crippen LogP contribution is 2.32. The van der Waals surface area contributed by atoms with Gasteiger partial charge in [-0.25, -0.2) is 0 Å². The molecule has 2 nitrogen and oxygen atoms in total. The summed E-state index contributed by atoms with van der Waals surface area (Å²) in [4.78, 5) is 3.13. The van der Waals surface area contributed by atoms with Crippen LogP contribution >= 0.6 is 35.4 Å². The number of nitrogens with one attached hydrogen (secondary N) is 1. The van der Waals surface area contributed by atoms with Crippen LogP contribution in [0, 0.1) is 4.77 Å². The van der Waals surface area contributed by atoms with Crippen LogP contribution in [0.4, 0.5) is 0 Å².